The minimum Gasteiger partial charge on any atom is -0.342 e. The van der Waals surface area contributed by atoms with Gasteiger partial charge in [-0.1, -0.05) is 30.3 Å². The van der Waals surface area contributed by atoms with Crippen LogP contribution in [0.15, 0.2) is 30.3 Å². The molecule has 0 radical (unpaired) electrons. The molecule has 3 heterocycles. The normalized spacial score (nSPS) is 27.5. The predicted octanol–water partition coefficient (Wildman–Crippen LogP) is 2.39. The van der Waals surface area contributed by atoms with E-state index in [0.717, 1.165) is 45.6 Å². The lowest BCUT2D eigenvalue weighted by molar-refractivity contribution is -0.134. The van der Waals surface area contributed by atoms with Crippen molar-refractivity contribution in [3.63, 3.8) is 0 Å². The largest absolute Gasteiger partial charge is 0.342 e. The summed E-state index contributed by atoms with van der Waals surface area (Å²) in [6, 6.07) is 12.4. The number of rotatable bonds is 5. The first-order valence-electron chi connectivity index (χ1n) is 10.2. The van der Waals surface area contributed by atoms with Crippen LogP contribution < -0.4 is 5.32 Å². The van der Waals surface area contributed by atoms with Gasteiger partial charge in [0.25, 0.3) is 0 Å². The molecule has 3 saturated heterocycles. The Kier molecular flexibility index (Phi) is 9.03. The Bertz CT molecular complexity index is 598. The molecular formula is C21H34Cl2N4O. The van der Waals surface area contributed by atoms with E-state index < -0.39 is 0 Å². The number of carbonyl (C=O) groups is 1. The molecule has 3 aliphatic heterocycles. The van der Waals surface area contributed by atoms with Gasteiger partial charge < -0.3 is 10.2 Å². The summed E-state index contributed by atoms with van der Waals surface area (Å²) in [7, 11) is 2.02. The Morgan fingerprint density at radius 3 is 2.18 bits per heavy atom. The van der Waals surface area contributed by atoms with Crippen LogP contribution in [0.4, 0.5) is 0 Å². The van der Waals surface area contributed by atoms with Gasteiger partial charge in [0, 0.05) is 57.9 Å². The molecule has 0 aromatic heterocycles. The molecule has 1 N–H and O–H groups in total. The standard InChI is InChI=1S/C21H32N4O.2ClH/c1-23(20-13-18-7-8-19(14-20)22-18)21(26)16-25-11-9-24(10-12-25)15-17-5-3-2-4-6-17;;/h2-6,18-20,22H,7-16H2,1H3;2*1H. The van der Waals surface area contributed by atoms with E-state index in [-0.39, 0.29) is 24.8 Å². The third kappa shape index (κ3) is 5.83. The van der Waals surface area contributed by atoms with Gasteiger partial charge in [0.2, 0.25) is 5.91 Å². The Labute approximate surface area is 181 Å². The Balaban J connectivity index is 0.00000140. The first-order chi connectivity index (χ1) is 12.7. The topological polar surface area (TPSA) is 38.8 Å². The smallest absolute Gasteiger partial charge is 0.236 e. The molecule has 0 spiro atoms. The van der Waals surface area contributed by atoms with E-state index in [2.05, 4.69) is 45.4 Å². The van der Waals surface area contributed by atoms with Gasteiger partial charge in [-0.3, -0.25) is 14.6 Å². The molecule has 1 aromatic carbocycles. The summed E-state index contributed by atoms with van der Waals surface area (Å²) in [5.41, 5.74) is 1.37. The van der Waals surface area contributed by atoms with Crippen LogP contribution in [0.2, 0.25) is 0 Å². The van der Waals surface area contributed by atoms with Crippen molar-refractivity contribution in [3.8, 4) is 0 Å². The quantitative estimate of drug-likeness (QED) is 0.780. The summed E-state index contributed by atoms with van der Waals surface area (Å²) in [4.78, 5) is 19.6. The van der Waals surface area contributed by atoms with Crippen molar-refractivity contribution < 1.29 is 4.79 Å². The highest BCUT2D eigenvalue weighted by molar-refractivity contribution is 5.85. The fourth-order valence-electron chi connectivity index (χ4n) is 4.80. The Morgan fingerprint density at radius 1 is 1.00 bits per heavy atom. The number of piperazine rings is 1. The minimum absolute atomic E-state index is 0. The minimum atomic E-state index is 0. The fraction of sp³-hybridized carbons (Fsp3) is 0.667. The molecule has 1 amide bonds. The summed E-state index contributed by atoms with van der Waals surface area (Å²) in [6.07, 6.45) is 4.83. The first kappa shape index (κ1) is 23.4. The maximum Gasteiger partial charge on any atom is 0.236 e. The summed E-state index contributed by atoms with van der Waals surface area (Å²) in [5.74, 6) is 0.299. The second kappa shape index (κ2) is 10.8. The van der Waals surface area contributed by atoms with Crippen LogP contribution in [0.25, 0.3) is 0 Å². The second-order valence-corrected chi connectivity index (χ2v) is 8.31. The number of fused-ring (bicyclic) bond motifs is 2. The molecule has 3 fully saturated rings. The molecule has 1 aromatic rings. The zero-order valence-corrected chi connectivity index (χ0v) is 18.4. The Hall–Kier alpha value is -0.850. The van der Waals surface area contributed by atoms with Crippen LogP contribution in [-0.4, -0.2) is 78.5 Å². The molecule has 3 aliphatic rings. The average Bonchev–Trinajstić information content (AvgIpc) is 3.01. The fourth-order valence-corrected chi connectivity index (χ4v) is 4.80. The average molecular weight is 429 g/mol. The number of amides is 1. The molecule has 2 bridgehead atoms. The van der Waals surface area contributed by atoms with E-state index in [1.807, 2.05) is 11.9 Å². The summed E-state index contributed by atoms with van der Waals surface area (Å²) in [5, 5.41) is 3.67. The number of piperidine rings is 1. The van der Waals surface area contributed by atoms with Gasteiger partial charge in [0.1, 0.15) is 0 Å². The van der Waals surface area contributed by atoms with Gasteiger partial charge in [-0.25, -0.2) is 0 Å². The maximum absolute atomic E-state index is 12.8. The molecule has 0 saturated carbocycles. The molecule has 158 valence electrons. The number of nitrogens with zero attached hydrogens (tertiary/aromatic N) is 3. The summed E-state index contributed by atoms with van der Waals surface area (Å²) >= 11 is 0. The lowest BCUT2D eigenvalue weighted by atomic mass is 9.98. The lowest BCUT2D eigenvalue weighted by Gasteiger charge is -2.38. The zero-order chi connectivity index (χ0) is 17.9. The maximum atomic E-state index is 12.8. The van der Waals surface area contributed by atoms with Crippen molar-refractivity contribution in [2.45, 2.75) is 50.4 Å². The van der Waals surface area contributed by atoms with Crippen LogP contribution in [0, 0.1) is 0 Å². The van der Waals surface area contributed by atoms with Crippen LogP contribution >= 0.6 is 24.8 Å². The molecule has 2 unspecified atom stereocenters. The molecule has 2 atom stereocenters. The third-order valence-corrected chi connectivity index (χ3v) is 6.46. The van der Waals surface area contributed by atoms with Gasteiger partial charge in [-0.15, -0.1) is 24.8 Å². The highest BCUT2D eigenvalue weighted by Gasteiger charge is 2.36. The van der Waals surface area contributed by atoms with Crippen molar-refractivity contribution in [2.75, 3.05) is 39.8 Å². The van der Waals surface area contributed by atoms with Gasteiger partial charge in [0.05, 0.1) is 6.54 Å². The molecule has 28 heavy (non-hydrogen) atoms. The molecule has 5 nitrogen and oxygen atoms in total. The van der Waals surface area contributed by atoms with Crippen LogP contribution in [0.5, 0.6) is 0 Å². The van der Waals surface area contributed by atoms with Gasteiger partial charge in [0.15, 0.2) is 0 Å². The van der Waals surface area contributed by atoms with E-state index in [1.54, 1.807) is 0 Å². The monoisotopic (exact) mass is 428 g/mol. The van der Waals surface area contributed by atoms with Gasteiger partial charge in [-0.05, 0) is 31.2 Å². The van der Waals surface area contributed by atoms with Crippen LogP contribution in [0.1, 0.15) is 31.2 Å². The number of likely N-dealkylation sites (N-methyl/N-ethyl adjacent to an activating group) is 1. The number of halogens is 2. The highest BCUT2D eigenvalue weighted by atomic mass is 35.5. The van der Waals surface area contributed by atoms with Gasteiger partial charge in [-0.2, -0.15) is 0 Å². The number of hydrogen-bond donors (Lipinski definition) is 1. The van der Waals surface area contributed by atoms with E-state index in [9.17, 15) is 4.79 Å². The van der Waals surface area contributed by atoms with E-state index in [4.69, 9.17) is 0 Å². The third-order valence-electron chi connectivity index (χ3n) is 6.46. The summed E-state index contributed by atoms with van der Waals surface area (Å²) < 4.78 is 0. The number of hydrogen-bond acceptors (Lipinski definition) is 4. The van der Waals surface area contributed by atoms with Crippen molar-refractivity contribution in [1.82, 2.24) is 20.0 Å². The number of benzene rings is 1. The predicted molar refractivity (Wildman–Crippen MR) is 118 cm³/mol. The zero-order valence-electron chi connectivity index (χ0n) is 16.8. The van der Waals surface area contributed by atoms with Crippen LogP contribution in [0.3, 0.4) is 0 Å². The van der Waals surface area contributed by atoms with Crippen LogP contribution in [-0.2, 0) is 11.3 Å². The van der Waals surface area contributed by atoms with E-state index in [1.165, 1.54) is 18.4 Å². The first-order valence-corrected chi connectivity index (χ1v) is 10.2. The van der Waals surface area contributed by atoms with E-state index in [0.29, 0.717) is 30.6 Å². The van der Waals surface area contributed by atoms with Gasteiger partial charge >= 0.3 is 0 Å². The van der Waals surface area contributed by atoms with Crippen molar-refractivity contribution in [3.05, 3.63) is 35.9 Å². The number of carbonyl (C=O) groups excluding carboxylic acids is 1. The molecule has 0 aliphatic carbocycles. The summed E-state index contributed by atoms with van der Waals surface area (Å²) in [6.45, 7) is 5.66. The SMILES string of the molecule is CN(C(=O)CN1CCN(Cc2ccccc2)CC1)C1CC2CCC(C1)N2.Cl.Cl. The Morgan fingerprint density at radius 2 is 1.57 bits per heavy atom. The van der Waals surface area contributed by atoms with Crippen molar-refractivity contribution in [2.24, 2.45) is 0 Å². The molecule has 4 rings (SSSR count). The molecule has 7 heteroatoms. The number of nitrogens with one attached hydrogen (secondary N) is 1. The molecular weight excluding hydrogens is 395 g/mol. The lowest BCUT2D eigenvalue weighted by Crippen LogP contribution is -2.53. The van der Waals surface area contributed by atoms with Crippen molar-refractivity contribution >= 4 is 30.7 Å². The van der Waals surface area contributed by atoms with Crippen molar-refractivity contribution in [1.29, 1.82) is 0 Å². The highest BCUT2D eigenvalue weighted by Crippen LogP contribution is 2.29. The second-order valence-electron chi connectivity index (χ2n) is 8.31. The van der Waals surface area contributed by atoms with E-state index >= 15 is 0 Å².